The number of benzene rings is 1. The first kappa shape index (κ1) is 13.9. The van der Waals surface area contributed by atoms with E-state index in [1.807, 2.05) is 29.2 Å². The van der Waals surface area contributed by atoms with Crippen molar-refractivity contribution in [2.75, 3.05) is 18.8 Å². The lowest BCUT2D eigenvalue weighted by molar-refractivity contribution is 0.0578. The monoisotopic (exact) mass is 283 g/mol. The summed E-state index contributed by atoms with van der Waals surface area (Å²) in [5.41, 5.74) is 8.08. The van der Waals surface area contributed by atoms with Crippen molar-refractivity contribution in [3.63, 3.8) is 0 Å². The van der Waals surface area contributed by atoms with Gasteiger partial charge in [0, 0.05) is 24.2 Å². The van der Waals surface area contributed by atoms with E-state index in [2.05, 4.69) is 18.8 Å². The smallest absolute Gasteiger partial charge is 0.272 e. The Hall–Kier alpha value is -2.10. The number of carbonyl (C=O) groups excluding carboxylic acids is 1. The first-order valence-corrected chi connectivity index (χ1v) is 7.41. The van der Waals surface area contributed by atoms with E-state index in [4.69, 9.17) is 5.73 Å². The molecule has 1 aromatic heterocycles. The minimum Gasteiger partial charge on any atom is -0.398 e. The molecule has 110 valence electrons. The molecule has 3 rings (SSSR count). The average Bonchev–Trinajstić information content (AvgIpc) is 2.45. The van der Waals surface area contributed by atoms with Crippen molar-refractivity contribution < 1.29 is 4.79 Å². The van der Waals surface area contributed by atoms with Crippen LogP contribution in [0.4, 0.5) is 5.69 Å². The molecule has 1 aliphatic heterocycles. The zero-order chi connectivity index (χ0) is 15.0. The van der Waals surface area contributed by atoms with Crippen molar-refractivity contribution >= 4 is 22.5 Å². The van der Waals surface area contributed by atoms with Crippen LogP contribution in [0.3, 0.4) is 0 Å². The predicted octanol–water partition coefficient (Wildman–Crippen LogP) is 3.08. The second kappa shape index (κ2) is 5.02. The molecule has 0 radical (unpaired) electrons. The average molecular weight is 283 g/mol. The maximum Gasteiger partial charge on any atom is 0.272 e. The number of pyridine rings is 1. The van der Waals surface area contributed by atoms with Crippen molar-refractivity contribution in [1.29, 1.82) is 0 Å². The van der Waals surface area contributed by atoms with E-state index in [9.17, 15) is 4.79 Å². The fourth-order valence-corrected chi connectivity index (χ4v) is 3.07. The van der Waals surface area contributed by atoms with Gasteiger partial charge in [-0.3, -0.25) is 4.79 Å². The van der Waals surface area contributed by atoms with E-state index in [1.165, 1.54) is 0 Å². The third-order valence-electron chi connectivity index (χ3n) is 4.15. The van der Waals surface area contributed by atoms with Crippen LogP contribution in [-0.2, 0) is 0 Å². The molecule has 1 aliphatic rings. The molecule has 21 heavy (non-hydrogen) atoms. The second-order valence-corrected chi connectivity index (χ2v) is 6.61. The topological polar surface area (TPSA) is 59.2 Å². The molecule has 0 spiro atoms. The summed E-state index contributed by atoms with van der Waals surface area (Å²) in [6.45, 7) is 5.99. The summed E-state index contributed by atoms with van der Waals surface area (Å²) < 4.78 is 0. The van der Waals surface area contributed by atoms with Crippen LogP contribution in [-0.4, -0.2) is 28.9 Å². The number of rotatable bonds is 1. The summed E-state index contributed by atoms with van der Waals surface area (Å²) in [6, 6.07) is 9.35. The number of nitrogens with zero attached hydrogens (tertiary/aromatic N) is 2. The minimum atomic E-state index is -0.0137. The van der Waals surface area contributed by atoms with Gasteiger partial charge in [-0.05, 0) is 30.4 Å². The van der Waals surface area contributed by atoms with Gasteiger partial charge in [0.2, 0.25) is 0 Å². The number of amides is 1. The summed E-state index contributed by atoms with van der Waals surface area (Å²) in [6.07, 6.45) is 2.20. The molecule has 0 bridgehead atoms. The molecular formula is C17H21N3O. The number of anilines is 1. The maximum atomic E-state index is 12.7. The number of fused-ring (bicyclic) bond motifs is 1. The zero-order valence-electron chi connectivity index (χ0n) is 12.6. The number of aromatic nitrogens is 1. The van der Waals surface area contributed by atoms with Gasteiger partial charge in [-0.2, -0.15) is 0 Å². The number of hydrogen-bond acceptors (Lipinski definition) is 3. The molecule has 0 aliphatic carbocycles. The normalized spacial score (nSPS) is 17.9. The van der Waals surface area contributed by atoms with Crippen molar-refractivity contribution in [3.8, 4) is 0 Å². The molecule has 0 saturated carbocycles. The first-order valence-electron chi connectivity index (χ1n) is 7.41. The van der Waals surface area contributed by atoms with E-state index in [0.29, 0.717) is 11.4 Å². The standard InChI is InChI=1S/C17H21N3O/c1-17(2)8-5-9-20(11-17)16(21)15-10-13(18)12-6-3-4-7-14(12)19-15/h3-4,6-7,10H,5,8-9,11H2,1-2H3,(H2,18,19). The van der Waals surface area contributed by atoms with Crippen LogP contribution < -0.4 is 5.73 Å². The molecule has 0 unspecified atom stereocenters. The number of piperidine rings is 1. The number of likely N-dealkylation sites (tertiary alicyclic amines) is 1. The summed E-state index contributed by atoms with van der Waals surface area (Å²) in [5, 5.41) is 0.896. The molecule has 1 fully saturated rings. The largest absolute Gasteiger partial charge is 0.398 e. The van der Waals surface area contributed by atoms with E-state index in [0.717, 1.165) is 36.8 Å². The van der Waals surface area contributed by atoms with Gasteiger partial charge >= 0.3 is 0 Å². The molecule has 2 heterocycles. The minimum absolute atomic E-state index is 0.0137. The van der Waals surface area contributed by atoms with Crippen molar-refractivity contribution in [2.24, 2.45) is 5.41 Å². The van der Waals surface area contributed by atoms with Crippen LogP contribution in [0.15, 0.2) is 30.3 Å². The Balaban J connectivity index is 1.94. The molecule has 1 amide bonds. The fourth-order valence-electron chi connectivity index (χ4n) is 3.07. The van der Waals surface area contributed by atoms with Crippen LogP contribution in [0, 0.1) is 5.41 Å². The first-order chi connectivity index (χ1) is 9.96. The Kier molecular flexibility index (Phi) is 3.32. The van der Waals surface area contributed by atoms with Crippen molar-refractivity contribution in [2.45, 2.75) is 26.7 Å². The van der Waals surface area contributed by atoms with E-state index in [1.54, 1.807) is 6.07 Å². The quantitative estimate of drug-likeness (QED) is 0.875. The number of hydrogen-bond donors (Lipinski definition) is 1. The Labute approximate surface area is 125 Å². The van der Waals surface area contributed by atoms with Gasteiger partial charge in [-0.25, -0.2) is 4.98 Å². The third kappa shape index (κ3) is 2.71. The predicted molar refractivity (Wildman–Crippen MR) is 85.1 cm³/mol. The highest BCUT2D eigenvalue weighted by molar-refractivity contribution is 5.99. The third-order valence-corrected chi connectivity index (χ3v) is 4.15. The molecule has 0 atom stereocenters. The molecule has 4 heteroatoms. The maximum absolute atomic E-state index is 12.7. The number of carbonyl (C=O) groups is 1. The number of nitrogens with two attached hydrogens (primary N) is 1. The summed E-state index contributed by atoms with van der Waals surface area (Å²) in [7, 11) is 0. The SMILES string of the molecule is CC1(C)CCCN(C(=O)c2cc(N)c3ccccc3n2)C1. The Bertz CT molecular complexity index is 693. The number of para-hydroxylation sites is 1. The van der Waals surface area contributed by atoms with Crippen molar-refractivity contribution in [3.05, 3.63) is 36.0 Å². The highest BCUT2D eigenvalue weighted by Gasteiger charge is 2.30. The van der Waals surface area contributed by atoms with Crippen LogP contribution >= 0.6 is 0 Å². The fraction of sp³-hybridized carbons (Fsp3) is 0.412. The van der Waals surface area contributed by atoms with Gasteiger partial charge in [-0.1, -0.05) is 32.0 Å². The van der Waals surface area contributed by atoms with Crippen LogP contribution in [0.5, 0.6) is 0 Å². The lowest BCUT2D eigenvalue weighted by atomic mass is 9.84. The van der Waals surface area contributed by atoms with E-state index < -0.39 is 0 Å². The Morgan fingerprint density at radius 3 is 2.86 bits per heavy atom. The molecule has 1 aromatic carbocycles. The number of nitrogen functional groups attached to an aromatic ring is 1. The Morgan fingerprint density at radius 1 is 1.33 bits per heavy atom. The van der Waals surface area contributed by atoms with Gasteiger partial charge in [0.1, 0.15) is 5.69 Å². The van der Waals surface area contributed by atoms with Crippen LogP contribution in [0.2, 0.25) is 0 Å². The summed E-state index contributed by atoms with van der Waals surface area (Å²) in [5.74, 6) is -0.0137. The molecule has 4 nitrogen and oxygen atoms in total. The lowest BCUT2D eigenvalue weighted by Gasteiger charge is -2.37. The lowest BCUT2D eigenvalue weighted by Crippen LogP contribution is -2.43. The van der Waals surface area contributed by atoms with E-state index in [-0.39, 0.29) is 11.3 Å². The van der Waals surface area contributed by atoms with Gasteiger partial charge in [0.25, 0.3) is 5.91 Å². The van der Waals surface area contributed by atoms with Gasteiger partial charge in [-0.15, -0.1) is 0 Å². The second-order valence-electron chi connectivity index (χ2n) is 6.61. The molecule has 2 N–H and O–H groups in total. The Morgan fingerprint density at radius 2 is 2.10 bits per heavy atom. The van der Waals surface area contributed by atoms with Gasteiger partial charge in [0.05, 0.1) is 5.52 Å². The van der Waals surface area contributed by atoms with Crippen molar-refractivity contribution in [1.82, 2.24) is 9.88 Å². The van der Waals surface area contributed by atoms with Gasteiger partial charge in [0.15, 0.2) is 0 Å². The highest BCUT2D eigenvalue weighted by Crippen LogP contribution is 2.29. The molecule has 1 saturated heterocycles. The van der Waals surface area contributed by atoms with Crippen LogP contribution in [0.25, 0.3) is 10.9 Å². The summed E-state index contributed by atoms with van der Waals surface area (Å²) >= 11 is 0. The molecular weight excluding hydrogens is 262 g/mol. The van der Waals surface area contributed by atoms with Gasteiger partial charge < -0.3 is 10.6 Å². The zero-order valence-corrected chi connectivity index (χ0v) is 12.6. The molecule has 2 aromatic rings. The van der Waals surface area contributed by atoms with E-state index >= 15 is 0 Å². The highest BCUT2D eigenvalue weighted by atomic mass is 16.2. The summed E-state index contributed by atoms with van der Waals surface area (Å²) in [4.78, 5) is 19.1. The van der Waals surface area contributed by atoms with Crippen LogP contribution in [0.1, 0.15) is 37.2 Å².